The summed E-state index contributed by atoms with van der Waals surface area (Å²) in [6.45, 7) is 3.13. The molecule has 0 unspecified atom stereocenters. The van der Waals surface area contributed by atoms with Crippen molar-refractivity contribution >= 4 is 0 Å². The first-order valence-corrected chi connectivity index (χ1v) is 6.22. The zero-order chi connectivity index (χ0) is 14.8. The van der Waals surface area contributed by atoms with Gasteiger partial charge in [0.05, 0.1) is 11.8 Å². The first-order valence-electron chi connectivity index (χ1n) is 6.22. The Labute approximate surface area is 115 Å². The average molecular weight is 283 g/mol. The minimum atomic E-state index is -4.28. The van der Waals surface area contributed by atoms with Gasteiger partial charge in [0.15, 0.2) is 0 Å². The Morgan fingerprint density at radius 2 is 1.80 bits per heavy atom. The molecule has 0 amide bonds. The minimum absolute atomic E-state index is 0.520. The number of benzene rings is 1. The second kappa shape index (κ2) is 5.66. The summed E-state index contributed by atoms with van der Waals surface area (Å²) >= 11 is 0. The van der Waals surface area contributed by atoms with Gasteiger partial charge in [0.2, 0.25) is 0 Å². The SMILES string of the molecule is Cc1c(CNCc2ccc(C(F)(F)F)cc2)cnn1C. The maximum Gasteiger partial charge on any atom is 0.416 e. The molecule has 0 fully saturated rings. The highest BCUT2D eigenvalue weighted by atomic mass is 19.4. The van der Waals surface area contributed by atoms with Crippen LogP contribution in [-0.4, -0.2) is 9.78 Å². The van der Waals surface area contributed by atoms with Gasteiger partial charge in [-0.1, -0.05) is 12.1 Å². The average Bonchev–Trinajstić information content (AvgIpc) is 2.70. The highest BCUT2D eigenvalue weighted by molar-refractivity contribution is 5.24. The third kappa shape index (κ3) is 3.39. The summed E-state index contributed by atoms with van der Waals surface area (Å²) in [6, 6.07) is 5.19. The van der Waals surface area contributed by atoms with E-state index in [0.717, 1.165) is 29.0 Å². The number of nitrogens with one attached hydrogen (secondary N) is 1. The standard InChI is InChI=1S/C14H16F3N3/c1-10-12(9-19-20(10)2)8-18-7-11-3-5-13(6-4-11)14(15,16)17/h3-6,9,18H,7-8H2,1-2H3. The monoisotopic (exact) mass is 283 g/mol. The molecule has 0 saturated carbocycles. The van der Waals surface area contributed by atoms with Gasteiger partial charge in [-0.3, -0.25) is 4.68 Å². The summed E-state index contributed by atoms with van der Waals surface area (Å²) in [7, 11) is 1.87. The van der Waals surface area contributed by atoms with Crippen LogP contribution in [0.5, 0.6) is 0 Å². The van der Waals surface area contributed by atoms with Gasteiger partial charge < -0.3 is 5.32 Å². The molecule has 0 bridgehead atoms. The van der Waals surface area contributed by atoms with Crippen LogP contribution >= 0.6 is 0 Å². The van der Waals surface area contributed by atoms with Crippen molar-refractivity contribution in [2.45, 2.75) is 26.2 Å². The Morgan fingerprint density at radius 1 is 1.15 bits per heavy atom. The van der Waals surface area contributed by atoms with E-state index >= 15 is 0 Å². The van der Waals surface area contributed by atoms with Gasteiger partial charge in [-0.05, 0) is 24.6 Å². The number of alkyl halides is 3. The van der Waals surface area contributed by atoms with E-state index in [1.807, 2.05) is 14.0 Å². The van der Waals surface area contributed by atoms with Crippen molar-refractivity contribution in [3.8, 4) is 0 Å². The molecule has 0 aliphatic rings. The highest BCUT2D eigenvalue weighted by Crippen LogP contribution is 2.29. The largest absolute Gasteiger partial charge is 0.416 e. The molecule has 1 aromatic carbocycles. The number of nitrogens with zero attached hydrogens (tertiary/aromatic N) is 2. The van der Waals surface area contributed by atoms with Gasteiger partial charge >= 0.3 is 6.18 Å². The van der Waals surface area contributed by atoms with Crippen LogP contribution in [0.4, 0.5) is 13.2 Å². The summed E-state index contributed by atoms with van der Waals surface area (Å²) in [6.07, 6.45) is -2.49. The lowest BCUT2D eigenvalue weighted by Crippen LogP contribution is -2.13. The Bertz CT molecular complexity index is 570. The zero-order valence-electron chi connectivity index (χ0n) is 11.3. The van der Waals surface area contributed by atoms with E-state index in [1.54, 1.807) is 10.9 Å². The quantitative estimate of drug-likeness (QED) is 0.934. The molecule has 0 aliphatic carbocycles. The topological polar surface area (TPSA) is 29.9 Å². The number of aromatic nitrogens is 2. The summed E-state index contributed by atoms with van der Waals surface area (Å²) in [5.74, 6) is 0. The van der Waals surface area contributed by atoms with E-state index in [4.69, 9.17) is 0 Å². The Kier molecular flexibility index (Phi) is 4.13. The molecule has 0 atom stereocenters. The molecule has 1 N–H and O–H groups in total. The van der Waals surface area contributed by atoms with E-state index in [1.165, 1.54) is 12.1 Å². The van der Waals surface area contributed by atoms with Gasteiger partial charge in [-0.15, -0.1) is 0 Å². The van der Waals surface area contributed by atoms with E-state index in [0.29, 0.717) is 13.1 Å². The minimum Gasteiger partial charge on any atom is -0.308 e. The molecule has 1 heterocycles. The normalized spacial score (nSPS) is 11.8. The maximum absolute atomic E-state index is 12.4. The lowest BCUT2D eigenvalue weighted by atomic mass is 10.1. The Morgan fingerprint density at radius 3 is 2.30 bits per heavy atom. The van der Waals surface area contributed by atoms with E-state index in [-0.39, 0.29) is 0 Å². The van der Waals surface area contributed by atoms with Crippen molar-refractivity contribution in [1.82, 2.24) is 15.1 Å². The molecule has 0 spiro atoms. The van der Waals surface area contributed by atoms with Gasteiger partial charge in [0.1, 0.15) is 0 Å². The number of hydrogen-bond donors (Lipinski definition) is 1. The van der Waals surface area contributed by atoms with Crippen molar-refractivity contribution < 1.29 is 13.2 Å². The summed E-state index contributed by atoms with van der Waals surface area (Å²) < 4.78 is 39.0. The second-order valence-electron chi connectivity index (χ2n) is 4.68. The summed E-state index contributed by atoms with van der Waals surface area (Å²) in [5, 5.41) is 7.33. The molecule has 0 saturated heterocycles. The van der Waals surface area contributed by atoms with Crippen LogP contribution in [0.25, 0.3) is 0 Å². The molecule has 1 aromatic heterocycles. The number of hydrogen-bond acceptors (Lipinski definition) is 2. The van der Waals surface area contributed by atoms with Crippen molar-refractivity contribution in [1.29, 1.82) is 0 Å². The fourth-order valence-electron chi connectivity index (χ4n) is 1.87. The van der Waals surface area contributed by atoms with Crippen LogP contribution in [0.3, 0.4) is 0 Å². The molecule has 108 valence electrons. The molecular formula is C14H16F3N3. The van der Waals surface area contributed by atoms with Crippen LogP contribution in [-0.2, 0) is 26.3 Å². The molecule has 20 heavy (non-hydrogen) atoms. The van der Waals surface area contributed by atoms with Crippen LogP contribution in [0, 0.1) is 6.92 Å². The van der Waals surface area contributed by atoms with E-state index in [2.05, 4.69) is 10.4 Å². The lowest BCUT2D eigenvalue weighted by Gasteiger charge is -2.08. The third-order valence-electron chi connectivity index (χ3n) is 3.26. The fourth-order valence-corrected chi connectivity index (χ4v) is 1.87. The van der Waals surface area contributed by atoms with Crippen LogP contribution in [0.15, 0.2) is 30.5 Å². The zero-order valence-corrected chi connectivity index (χ0v) is 11.3. The first-order chi connectivity index (χ1) is 9.38. The number of rotatable bonds is 4. The number of aryl methyl sites for hydroxylation is 1. The fraction of sp³-hybridized carbons (Fsp3) is 0.357. The highest BCUT2D eigenvalue weighted by Gasteiger charge is 2.29. The summed E-state index contributed by atoms with van der Waals surface area (Å²) in [4.78, 5) is 0. The molecule has 3 nitrogen and oxygen atoms in total. The smallest absolute Gasteiger partial charge is 0.308 e. The maximum atomic E-state index is 12.4. The Balaban J connectivity index is 1.90. The Hall–Kier alpha value is -1.82. The predicted molar refractivity (Wildman–Crippen MR) is 69.9 cm³/mol. The van der Waals surface area contributed by atoms with Gasteiger partial charge in [0, 0.05) is 31.4 Å². The second-order valence-corrected chi connectivity index (χ2v) is 4.68. The molecule has 6 heteroatoms. The van der Waals surface area contributed by atoms with Crippen LogP contribution in [0.2, 0.25) is 0 Å². The third-order valence-corrected chi connectivity index (χ3v) is 3.26. The lowest BCUT2D eigenvalue weighted by molar-refractivity contribution is -0.137. The molecule has 0 aliphatic heterocycles. The van der Waals surface area contributed by atoms with Gasteiger partial charge in [-0.2, -0.15) is 18.3 Å². The van der Waals surface area contributed by atoms with Crippen LogP contribution in [0.1, 0.15) is 22.4 Å². The van der Waals surface area contributed by atoms with Crippen molar-refractivity contribution in [3.63, 3.8) is 0 Å². The van der Waals surface area contributed by atoms with Gasteiger partial charge in [0.25, 0.3) is 0 Å². The van der Waals surface area contributed by atoms with Crippen LogP contribution < -0.4 is 5.32 Å². The van der Waals surface area contributed by atoms with Crippen molar-refractivity contribution in [3.05, 3.63) is 52.8 Å². The van der Waals surface area contributed by atoms with Crippen molar-refractivity contribution in [2.75, 3.05) is 0 Å². The first kappa shape index (κ1) is 14.6. The molecule has 0 radical (unpaired) electrons. The molecule has 2 rings (SSSR count). The van der Waals surface area contributed by atoms with Crippen molar-refractivity contribution in [2.24, 2.45) is 7.05 Å². The van der Waals surface area contributed by atoms with E-state index < -0.39 is 11.7 Å². The number of halogens is 3. The molecule has 2 aromatic rings. The molecular weight excluding hydrogens is 267 g/mol. The predicted octanol–water partition coefficient (Wildman–Crippen LogP) is 3.04. The van der Waals surface area contributed by atoms with E-state index in [9.17, 15) is 13.2 Å². The summed E-state index contributed by atoms with van der Waals surface area (Å²) in [5.41, 5.74) is 2.35. The van der Waals surface area contributed by atoms with Gasteiger partial charge in [-0.25, -0.2) is 0 Å².